The van der Waals surface area contributed by atoms with E-state index in [4.69, 9.17) is 0 Å². The maximum Gasteiger partial charge on any atom is 0.0438 e. The molecule has 1 saturated heterocycles. The Hall–Kier alpha value is -0.980. The molecule has 1 nitrogen and oxygen atoms in total. The summed E-state index contributed by atoms with van der Waals surface area (Å²) in [4.78, 5) is 2.71. The number of anilines is 1. The van der Waals surface area contributed by atoms with Crippen molar-refractivity contribution in [1.29, 1.82) is 0 Å². The molecule has 112 valence electrons. The van der Waals surface area contributed by atoms with Crippen molar-refractivity contribution in [2.45, 2.75) is 79.3 Å². The third kappa shape index (κ3) is 2.36. The Kier molecular flexibility index (Phi) is 3.92. The molecule has 0 spiro atoms. The van der Waals surface area contributed by atoms with Gasteiger partial charge in [-0.05, 0) is 56.6 Å². The SMILES string of the molecule is CCc1cccc(CC)c1N1C(C)C(C)(C)CC1(C)C. The van der Waals surface area contributed by atoms with Crippen molar-refractivity contribution in [2.24, 2.45) is 5.41 Å². The van der Waals surface area contributed by atoms with E-state index in [2.05, 4.69) is 71.6 Å². The number of para-hydroxylation sites is 1. The van der Waals surface area contributed by atoms with Crippen LogP contribution in [0.15, 0.2) is 18.2 Å². The van der Waals surface area contributed by atoms with Gasteiger partial charge >= 0.3 is 0 Å². The topological polar surface area (TPSA) is 3.24 Å². The van der Waals surface area contributed by atoms with Crippen molar-refractivity contribution in [3.05, 3.63) is 29.3 Å². The van der Waals surface area contributed by atoms with Crippen molar-refractivity contribution >= 4 is 5.69 Å². The van der Waals surface area contributed by atoms with Crippen LogP contribution in [0.3, 0.4) is 0 Å². The number of rotatable bonds is 3. The van der Waals surface area contributed by atoms with Crippen molar-refractivity contribution in [1.82, 2.24) is 0 Å². The fourth-order valence-electron chi connectivity index (χ4n) is 4.24. The summed E-state index contributed by atoms with van der Waals surface area (Å²) in [5.41, 5.74) is 5.12. The third-order valence-electron chi connectivity index (χ3n) is 5.26. The van der Waals surface area contributed by atoms with E-state index in [1.54, 1.807) is 0 Å². The zero-order valence-electron chi connectivity index (χ0n) is 14.4. The molecule has 1 aliphatic rings. The molecule has 0 bridgehead atoms. The number of hydrogen-bond donors (Lipinski definition) is 0. The van der Waals surface area contributed by atoms with Crippen LogP contribution >= 0.6 is 0 Å². The van der Waals surface area contributed by atoms with E-state index in [0.29, 0.717) is 11.5 Å². The zero-order valence-corrected chi connectivity index (χ0v) is 14.4. The van der Waals surface area contributed by atoms with Gasteiger partial charge in [-0.1, -0.05) is 45.9 Å². The first-order chi connectivity index (χ1) is 9.24. The van der Waals surface area contributed by atoms with Gasteiger partial charge < -0.3 is 4.90 Å². The summed E-state index contributed by atoms with van der Waals surface area (Å²) in [6.07, 6.45) is 3.48. The predicted molar refractivity (Wildman–Crippen MR) is 89.6 cm³/mol. The summed E-state index contributed by atoms with van der Waals surface area (Å²) in [5.74, 6) is 0. The molecular formula is C19H31N. The third-order valence-corrected chi connectivity index (χ3v) is 5.26. The van der Waals surface area contributed by atoms with Crippen LogP contribution in [0, 0.1) is 5.41 Å². The molecule has 0 radical (unpaired) electrons. The molecule has 1 fully saturated rings. The lowest BCUT2D eigenvalue weighted by molar-refractivity contribution is 0.329. The van der Waals surface area contributed by atoms with Crippen LogP contribution in [0.2, 0.25) is 0 Å². The fraction of sp³-hybridized carbons (Fsp3) is 0.684. The fourth-order valence-corrected chi connectivity index (χ4v) is 4.24. The van der Waals surface area contributed by atoms with Gasteiger partial charge in [0, 0.05) is 17.3 Å². The molecule has 0 aromatic heterocycles. The lowest BCUT2D eigenvalue weighted by Crippen LogP contribution is -2.44. The molecule has 0 saturated carbocycles. The molecule has 0 aliphatic carbocycles. The molecule has 1 unspecified atom stereocenters. The highest BCUT2D eigenvalue weighted by molar-refractivity contribution is 5.63. The van der Waals surface area contributed by atoms with E-state index in [1.165, 1.54) is 23.2 Å². The molecule has 1 heterocycles. The normalized spacial score (nSPS) is 24.1. The summed E-state index contributed by atoms with van der Waals surface area (Å²) >= 11 is 0. The van der Waals surface area contributed by atoms with Gasteiger partial charge in [-0.3, -0.25) is 0 Å². The Morgan fingerprint density at radius 3 is 1.90 bits per heavy atom. The smallest absolute Gasteiger partial charge is 0.0438 e. The summed E-state index contributed by atoms with van der Waals surface area (Å²) in [6, 6.07) is 7.42. The Morgan fingerprint density at radius 2 is 1.55 bits per heavy atom. The van der Waals surface area contributed by atoms with Gasteiger partial charge in [-0.25, -0.2) is 0 Å². The lowest BCUT2D eigenvalue weighted by atomic mass is 9.82. The average Bonchev–Trinajstić information content (AvgIpc) is 2.53. The molecule has 1 aromatic rings. The van der Waals surface area contributed by atoms with E-state index in [9.17, 15) is 0 Å². The number of nitrogens with zero attached hydrogens (tertiary/aromatic N) is 1. The van der Waals surface area contributed by atoms with Gasteiger partial charge in [0.15, 0.2) is 0 Å². The first-order valence-electron chi connectivity index (χ1n) is 8.14. The number of benzene rings is 1. The van der Waals surface area contributed by atoms with Gasteiger partial charge in [0.25, 0.3) is 0 Å². The largest absolute Gasteiger partial charge is 0.363 e. The van der Waals surface area contributed by atoms with E-state index in [0.717, 1.165) is 12.8 Å². The van der Waals surface area contributed by atoms with Gasteiger partial charge in [-0.15, -0.1) is 0 Å². The minimum absolute atomic E-state index is 0.234. The monoisotopic (exact) mass is 273 g/mol. The van der Waals surface area contributed by atoms with Crippen LogP contribution in [0.1, 0.15) is 66.0 Å². The molecule has 0 amide bonds. The van der Waals surface area contributed by atoms with E-state index < -0.39 is 0 Å². The molecular weight excluding hydrogens is 242 g/mol. The molecule has 20 heavy (non-hydrogen) atoms. The van der Waals surface area contributed by atoms with Crippen molar-refractivity contribution < 1.29 is 0 Å². The van der Waals surface area contributed by atoms with Gasteiger partial charge in [0.2, 0.25) is 0 Å². The van der Waals surface area contributed by atoms with Crippen LogP contribution < -0.4 is 4.90 Å². The molecule has 2 rings (SSSR count). The molecule has 1 aliphatic heterocycles. The maximum absolute atomic E-state index is 2.71. The number of aryl methyl sites for hydroxylation is 2. The van der Waals surface area contributed by atoms with Gasteiger partial charge in [0.05, 0.1) is 0 Å². The average molecular weight is 273 g/mol. The zero-order chi connectivity index (χ0) is 15.1. The highest BCUT2D eigenvalue weighted by atomic mass is 15.3. The van der Waals surface area contributed by atoms with E-state index in [-0.39, 0.29) is 5.54 Å². The summed E-state index contributed by atoms with van der Waals surface area (Å²) in [6.45, 7) is 16.6. The predicted octanol–water partition coefficient (Wildman–Crippen LogP) is 5.21. The van der Waals surface area contributed by atoms with Crippen LogP contribution in [0.4, 0.5) is 5.69 Å². The second kappa shape index (κ2) is 5.09. The second-order valence-electron chi connectivity index (χ2n) is 7.66. The van der Waals surface area contributed by atoms with Crippen LogP contribution in [0.25, 0.3) is 0 Å². The maximum atomic E-state index is 2.71. The minimum Gasteiger partial charge on any atom is -0.363 e. The van der Waals surface area contributed by atoms with Crippen LogP contribution in [-0.4, -0.2) is 11.6 Å². The van der Waals surface area contributed by atoms with Crippen molar-refractivity contribution in [3.63, 3.8) is 0 Å². The van der Waals surface area contributed by atoms with E-state index in [1.807, 2.05) is 0 Å². The van der Waals surface area contributed by atoms with Crippen molar-refractivity contribution in [2.75, 3.05) is 4.90 Å². The molecule has 1 heteroatoms. The highest BCUT2D eigenvalue weighted by Gasteiger charge is 2.49. The Balaban J connectivity index is 2.61. The highest BCUT2D eigenvalue weighted by Crippen LogP contribution is 2.49. The molecule has 1 atom stereocenters. The van der Waals surface area contributed by atoms with Crippen molar-refractivity contribution in [3.8, 4) is 0 Å². The number of hydrogen-bond acceptors (Lipinski definition) is 1. The molecule has 1 aromatic carbocycles. The van der Waals surface area contributed by atoms with Gasteiger partial charge in [-0.2, -0.15) is 0 Å². The summed E-state index contributed by atoms with van der Waals surface area (Å²) in [7, 11) is 0. The standard InChI is InChI=1S/C19H31N/c1-8-15-11-10-12-16(9-2)17(15)20-14(3)18(4,5)13-19(20,6)7/h10-12,14H,8-9,13H2,1-7H3. The second-order valence-corrected chi connectivity index (χ2v) is 7.66. The first-order valence-corrected chi connectivity index (χ1v) is 8.14. The van der Waals surface area contributed by atoms with Crippen LogP contribution in [0.5, 0.6) is 0 Å². The minimum atomic E-state index is 0.234. The Bertz CT molecular complexity index is 462. The van der Waals surface area contributed by atoms with Gasteiger partial charge in [0.1, 0.15) is 0 Å². The Morgan fingerprint density at radius 1 is 1.05 bits per heavy atom. The van der Waals surface area contributed by atoms with E-state index >= 15 is 0 Å². The lowest BCUT2D eigenvalue weighted by Gasteiger charge is -2.40. The summed E-state index contributed by atoms with van der Waals surface area (Å²) < 4.78 is 0. The quantitative estimate of drug-likeness (QED) is 0.730. The summed E-state index contributed by atoms with van der Waals surface area (Å²) in [5, 5.41) is 0. The first kappa shape index (κ1) is 15.4. The molecule has 0 N–H and O–H groups in total. The Labute approximate surface area is 125 Å². The van der Waals surface area contributed by atoms with Crippen LogP contribution in [-0.2, 0) is 12.8 Å².